The maximum absolute atomic E-state index is 12.8. The Labute approximate surface area is 159 Å². The Balaban J connectivity index is 1.92. The van der Waals surface area contributed by atoms with Gasteiger partial charge in [0.1, 0.15) is 0 Å². The van der Waals surface area contributed by atoms with Gasteiger partial charge in [0.15, 0.2) is 0 Å². The molecule has 0 radical (unpaired) electrons. The molecule has 1 saturated heterocycles. The first kappa shape index (κ1) is 19.0. The van der Waals surface area contributed by atoms with Crippen molar-refractivity contribution in [1.29, 1.82) is 0 Å². The van der Waals surface area contributed by atoms with E-state index in [0.29, 0.717) is 22.6 Å². The molecule has 1 aliphatic carbocycles. The highest BCUT2D eigenvalue weighted by atomic mass is 35.5. The number of carbonyl (C=O) groups is 1. The molecule has 0 aromatic heterocycles. The molecule has 4 unspecified atom stereocenters. The summed E-state index contributed by atoms with van der Waals surface area (Å²) in [4.78, 5) is 15.2. The molecule has 1 amide bonds. The van der Waals surface area contributed by atoms with Crippen molar-refractivity contribution in [2.75, 3.05) is 20.1 Å². The van der Waals surface area contributed by atoms with E-state index in [1.54, 1.807) is 13.1 Å². The lowest BCUT2D eigenvalue weighted by Crippen LogP contribution is -2.46. The van der Waals surface area contributed by atoms with Crippen LogP contribution in [0, 0.1) is 5.92 Å². The van der Waals surface area contributed by atoms with E-state index in [1.165, 1.54) is 6.42 Å². The smallest absolute Gasteiger partial charge is 0.227 e. The predicted molar refractivity (Wildman–Crippen MR) is 101 cm³/mol. The number of likely N-dealkylation sites (N-methyl/N-ethyl adjacent to an activating group) is 1. The highest BCUT2D eigenvalue weighted by molar-refractivity contribution is 6.42. The van der Waals surface area contributed by atoms with Gasteiger partial charge in [-0.05, 0) is 42.9 Å². The minimum absolute atomic E-state index is 0.0232. The maximum atomic E-state index is 12.8. The van der Waals surface area contributed by atoms with E-state index in [4.69, 9.17) is 23.2 Å². The number of hydrogen-bond donors (Lipinski definition) is 2. The van der Waals surface area contributed by atoms with Crippen molar-refractivity contribution < 1.29 is 9.90 Å². The molecule has 2 N–H and O–H groups in total. The van der Waals surface area contributed by atoms with Crippen molar-refractivity contribution in [3.05, 3.63) is 33.8 Å². The quantitative estimate of drug-likeness (QED) is 0.835. The molecular weight excluding hydrogens is 359 g/mol. The number of rotatable bonds is 4. The number of nitrogens with zero attached hydrogens (tertiary/aromatic N) is 1. The van der Waals surface area contributed by atoms with Gasteiger partial charge < -0.3 is 10.4 Å². The van der Waals surface area contributed by atoms with Crippen LogP contribution < -0.4 is 5.32 Å². The van der Waals surface area contributed by atoms with Crippen LogP contribution in [0.2, 0.25) is 10.0 Å². The monoisotopic (exact) mass is 384 g/mol. The molecule has 138 valence electrons. The molecule has 6 heteroatoms. The van der Waals surface area contributed by atoms with Crippen molar-refractivity contribution in [3.63, 3.8) is 0 Å². The third-order valence-electron chi connectivity index (χ3n) is 5.71. The van der Waals surface area contributed by atoms with Crippen LogP contribution in [0.15, 0.2) is 18.2 Å². The molecule has 2 fully saturated rings. The fraction of sp³-hybridized carbons (Fsp3) is 0.632. The van der Waals surface area contributed by atoms with E-state index in [-0.39, 0.29) is 23.8 Å². The third kappa shape index (κ3) is 4.13. The number of likely N-dealkylation sites (tertiary alicyclic amines) is 1. The number of carbonyl (C=O) groups excluding carboxylic acids is 1. The van der Waals surface area contributed by atoms with E-state index in [9.17, 15) is 9.90 Å². The minimum atomic E-state index is -0.247. The highest BCUT2D eigenvalue weighted by Crippen LogP contribution is 2.41. The van der Waals surface area contributed by atoms with Gasteiger partial charge in [0, 0.05) is 26.2 Å². The summed E-state index contributed by atoms with van der Waals surface area (Å²) in [5, 5.41) is 13.8. The van der Waals surface area contributed by atoms with Crippen LogP contribution in [0.3, 0.4) is 0 Å². The van der Waals surface area contributed by atoms with Gasteiger partial charge >= 0.3 is 0 Å². The van der Waals surface area contributed by atoms with E-state index in [0.717, 1.165) is 37.8 Å². The van der Waals surface area contributed by atoms with E-state index in [2.05, 4.69) is 10.2 Å². The average Bonchev–Trinajstić information content (AvgIpc) is 3.05. The van der Waals surface area contributed by atoms with Gasteiger partial charge in [-0.15, -0.1) is 0 Å². The van der Waals surface area contributed by atoms with Crippen LogP contribution in [-0.4, -0.2) is 48.2 Å². The van der Waals surface area contributed by atoms with Crippen molar-refractivity contribution in [3.8, 4) is 0 Å². The normalized spacial score (nSPS) is 28.7. The van der Waals surface area contributed by atoms with Gasteiger partial charge in [-0.25, -0.2) is 0 Å². The van der Waals surface area contributed by atoms with Crippen LogP contribution in [0.4, 0.5) is 0 Å². The fourth-order valence-corrected chi connectivity index (χ4v) is 4.81. The van der Waals surface area contributed by atoms with Gasteiger partial charge in [-0.2, -0.15) is 0 Å². The Morgan fingerprint density at radius 2 is 2.00 bits per heavy atom. The Bertz CT molecular complexity index is 625. The molecule has 2 aliphatic rings. The number of hydrogen-bond acceptors (Lipinski definition) is 3. The second kappa shape index (κ2) is 8.26. The molecule has 4 atom stereocenters. The Morgan fingerprint density at radius 1 is 1.24 bits per heavy atom. The molecule has 25 heavy (non-hydrogen) atoms. The van der Waals surface area contributed by atoms with Crippen LogP contribution >= 0.6 is 23.2 Å². The van der Waals surface area contributed by atoms with E-state index in [1.807, 2.05) is 12.1 Å². The summed E-state index contributed by atoms with van der Waals surface area (Å²) in [6, 6.07) is 5.84. The molecule has 1 aromatic rings. The molecule has 3 rings (SSSR count). The molecule has 1 aliphatic heterocycles. The second-order valence-corrected chi connectivity index (χ2v) is 8.03. The lowest BCUT2D eigenvalue weighted by atomic mass is 9.72. The summed E-state index contributed by atoms with van der Waals surface area (Å²) in [5.41, 5.74) is 0.922. The summed E-state index contributed by atoms with van der Waals surface area (Å²) < 4.78 is 0. The van der Waals surface area contributed by atoms with Crippen molar-refractivity contribution in [2.45, 2.75) is 50.2 Å². The fourth-order valence-electron chi connectivity index (χ4n) is 4.51. The molecular formula is C19H26Cl2N2O2. The Kier molecular flexibility index (Phi) is 6.26. The van der Waals surface area contributed by atoms with Crippen molar-refractivity contribution in [2.24, 2.45) is 5.92 Å². The van der Waals surface area contributed by atoms with Crippen LogP contribution in [0.5, 0.6) is 0 Å². The van der Waals surface area contributed by atoms with Crippen LogP contribution in [0.1, 0.15) is 43.6 Å². The maximum Gasteiger partial charge on any atom is 0.227 e. The minimum Gasteiger partial charge on any atom is -0.392 e. The standard InChI is InChI=1S/C19H26Cl2N2O2/c1-22-19(25)18(12-6-7-15(20)16(21)10-12)14-4-2-3-5-17(14)23-9-8-13(24)11-23/h6-7,10,13-14,17-18,24H,2-5,8-9,11H2,1H3,(H,22,25). The van der Waals surface area contributed by atoms with Gasteiger partial charge in [-0.1, -0.05) is 42.1 Å². The molecule has 4 nitrogen and oxygen atoms in total. The van der Waals surface area contributed by atoms with E-state index < -0.39 is 0 Å². The van der Waals surface area contributed by atoms with E-state index >= 15 is 0 Å². The Hall–Kier alpha value is -0.810. The lowest BCUT2D eigenvalue weighted by Gasteiger charge is -2.41. The van der Waals surface area contributed by atoms with Crippen LogP contribution in [0.25, 0.3) is 0 Å². The van der Waals surface area contributed by atoms with Gasteiger partial charge in [0.2, 0.25) is 5.91 Å². The summed E-state index contributed by atoms with van der Waals surface area (Å²) in [5.74, 6) is -0.00548. The molecule has 0 spiro atoms. The number of nitrogens with one attached hydrogen (secondary N) is 1. The second-order valence-electron chi connectivity index (χ2n) is 7.22. The van der Waals surface area contributed by atoms with Crippen molar-refractivity contribution >= 4 is 29.1 Å². The molecule has 1 aromatic carbocycles. The predicted octanol–water partition coefficient (Wildman–Crippen LogP) is 3.45. The number of benzene rings is 1. The number of amides is 1. The molecule has 1 heterocycles. The zero-order valence-corrected chi connectivity index (χ0v) is 16.1. The zero-order valence-electron chi connectivity index (χ0n) is 14.5. The van der Waals surface area contributed by atoms with Gasteiger partial charge in [0.25, 0.3) is 0 Å². The summed E-state index contributed by atoms with van der Waals surface area (Å²) in [6.45, 7) is 1.62. The van der Waals surface area contributed by atoms with Gasteiger partial charge in [-0.3, -0.25) is 9.69 Å². The summed E-state index contributed by atoms with van der Waals surface area (Å²) in [7, 11) is 1.68. The number of aliphatic hydroxyl groups excluding tert-OH is 1. The lowest BCUT2D eigenvalue weighted by molar-refractivity contribution is -0.124. The first-order valence-electron chi connectivity index (χ1n) is 9.10. The highest BCUT2D eigenvalue weighted by Gasteiger charge is 2.41. The van der Waals surface area contributed by atoms with Crippen LogP contribution in [-0.2, 0) is 4.79 Å². The molecule has 0 bridgehead atoms. The SMILES string of the molecule is CNC(=O)C(c1ccc(Cl)c(Cl)c1)C1CCCCC1N1CCC(O)C1. The Morgan fingerprint density at radius 3 is 2.64 bits per heavy atom. The van der Waals surface area contributed by atoms with Gasteiger partial charge in [0.05, 0.1) is 22.1 Å². The largest absolute Gasteiger partial charge is 0.392 e. The number of aliphatic hydroxyl groups is 1. The number of halogens is 2. The summed E-state index contributed by atoms with van der Waals surface area (Å²) in [6.07, 6.45) is 4.97. The zero-order chi connectivity index (χ0) is 18.0. The first-order chi connectivity index (χ1) is 12.0. The topological polar surface area (TPSA) is 52.6 Å². The summed E-state index contributed by atoms with van der Waals surface area (Å²) >= 11 is 12.3. The number of β-amino-alcohol motifs (C(OH)–C–C–N with tert-alkyl or cyclic N) is 1. The average molecular weight is 385 g/mol. The van der Waals surface area contributed by atoms with Crippen molar-refractivity contribution in [1.82, 2.24) is 10.2 Å². The molecule has 1 saturated carbocycles. The first-order valence-corrected chi connectivity index (χ1v) is 9.85. The third-order valence-corrected chi connectivity index (χ3v) is 6.44.